The summed E-state index contributed by atoms with van der Waals surface area (Å²) in [5.74, 6) is 0. The monoisotopic (exact) mass is 552 g/mol. The van der Waals surface area contributed by atoms with E-state index < -0.39 is 59.8 Å². The second-order valence-corrected chi connectivity index (χ2v) is 11.1. The van der Waals surface area contributed by atoms with Crippen molar-refractivity contribution < 1.29 is 60.6 Å². The van der Waals surface area contributed by atoms with E-state index in [0.29, 0.717) is 0 Å². The van der Waals surface area contributed by atoms with Gasteiger partial charge < -0.3 is 33.8 Å². The highest BCUT2D eigenvalue weighted by molar-refractivity contribution is 7.66. The number of nitrogens with zero attached hydrogens (tertiary/aromatic N) is 1. The van der Waals surface area contributed by atoms with Gasteiger partial charge in [0.2, 0.25) is 0 Å². The molecule has 17 nitrogen and oxygen atoms in total. The smallest absolute Gasteiger partial charge is 0.351 e. The third kappa shape index (κ3) is 9.06. The Kier molecular flexibility index (Phi) is 9.90. The van der Waals surface area contributed by atoms with Gasteiger partial charge in [-0.25, -0.2) is 18.5 Å². The first-order valence-corrected chi connectivity index (χ1v) is 13.7. The van der Waals surface area contributed by atoms with Gasteiger partial charge in [0.05, 0.1) is 19.3 Å². The lowest BCUT2D eigenvalue weighted by Crippen LogP contribution is -2.33. The SMILES string of the molecule is C=CCOCO[C@@H]1C[C@H](n2cc(C)c(=O)[nH]c2=O)O[C@@H]1COP(=O)(O)OP(=O)(O)OP(=O)(O)O. The zero-order valence-corrected chi connectivity index (χ0v) is 20.2. The molecule has 0 bridgehead atoms. The highest BCUT2D eigenvalue weighted by Crippen LogP contribution is 2.66. The minimum atomic E-state index is -5.70. The Balaban J connectivity index is 2.13. The summed E-state index contributed by atoms with van der Waals surface area (Å²) in [4.78, 5) is 61.9. The van der Waals surface area contributed by atoms with Gasteiger partial charge >= 0.3 is 29.2 Å². The molecule has 1 aromatic heterocycles. The third-order valence-electron chi connectivity index (χ3n) is 4.06. The molecule has 0 radical (unpaired) electrons. The van der Waals surface area contributed by atoms with Gasteiger partial charge in [-0.3, -0.25) is 18.9 Å². The summed E-state index contributed by atoms with van der Waals surface area (Å²) < 4.78 is 63.3. The first kappa shape index (κ1) is 28.9. The molecule has 0 amide bonds. The van der Waals surface area contributed by atoms with E-state index >= 15 is 0 Å². The molecule has 20 heteroatoms. The Morgan fingerprint density at radius 2 is 1.88 bits per heavy atom. The number of phosphoric ester groups is 1. The summed E-state index contributed by atoms with van der Waals surface area (Å²) in [5.41, 5.74) is -1.20. The average Bonchev–Trinajstić information content (AvgIpc) is 3.06. The molecule has 194 valence electrons. The summed E-state index contributed by atoms with van der Waals surface area (Å²) >= 11 is 0. The largest absolute Gasteiger partial charge is 0.490 e. The second kappa shape index (κ2) is 11.6. The Hall–Kier alpha value is -1.29. The van der Waals surface area contributed by atoms with E-state index in [9.17, 15) is 33.1 Å². The van der Waals surface area contributed by atoms with Crippen molar-refractivity contribution in [3.05, 3.63) is 45.3 Å². The van der Waals surface area contributed by atoms with Crippen molar-refractivity contribution in [1.82, 2.24) is 9.55 Å². The molecule has 0 aliphatic carbocycles. The first-order valence-electron chi connectivity index (χ1n) is 9.18. The molecule has 2 unspecified atom stereocenters. The molecule has 2 heterocycles. The fourth-order valence-corrected chi connectivity index (χ4v) is 5.76. The highest BCUT2D eigenvalue weighted by atomic mass is 31.3. The van der Waals surface area contributed by atoms with Gasteiger partial charge in [0.15, 0.2) is 0 Å². The molecule has 0 aromatic carbocycles. The second-order valence-electron chi connectivity index (χ2n) is 6.71. The van der Waals surface area contributed by atoms with E-state index in [0.717, 1.165) is 4.57 Å². The molecule has 1 aliphatic heterocycles. The Bertz CT molecular complexity index is 1130. The average molecular weight is 552 g/mol. The molecule has 1 fully saturated rings. The number of aromatic amines is 1. The summed E-state index contributed by atoms with van der Waals surface area (Å²) in [7, 11) is -16.6. The van der Waals surface area contributed by atoms with E-state index in [-0.39, 0.29) is 25.4 Å². The molecule has 5 N–H and O–H groups in total. The molecule has 1 aromatic rings. The number of nitrogens with one attached hydrogen (secondary N) is 1. The predicted molar refractivity (Wildman–Crippen MR) is 110 cm³/mol. The number of aryl methyl sites for hydroxylation is 1. The quantitative estimate of drug-likeness (QED) is 0.0937. The zero-order chi connectivity index (χ0) is 25.7. The van der Waals surface area contributed by atoms with Crippen LogP contribution in [0.15, 0.2) is 28.4 Å². The minimum Gasteiger partial charge on any atom is -0.351 e. The molecular formula is C14H23N2O15P3. The lowest BCUT2D eigenvalue weighted by Gasteiger charge is -2.21. The molecule has 2 rings (SSSR count). The van der Waals surface area contributed by atoms with Gasteiger partial charge in [-0.15, -0.1) is 6.58 Å². The van der Waals surface area contributed by atoms with E-state index in [1.807, 2.05) is 0 Å². The lowest BCUT2D eigenvalue weighted by atomic mass is 10.2. The zero-order valence-electron chi connectivity index (χ0n) is 17.5. The minimum absolute atomic E-state index is 0.00668. The maximum absolute atomic E-state index is 12.2. The fraction of sp³-hybridized carbons (Fsp3) is 0.571. The number of aromatic nitrogens is 2. The van der Waals surface area contributed by atoms with Crippen LogP contribution in [0.25, 0.3) is 0 Å². The highest BCUT2D eigenvalue weighted by Gasteiger charge is 2.43. The number of phosphoric acid groups is 3. The van der Waals surface area contributed by atoms with Crippen molar-refractivity contribution >= 4 is 23.5 Å². The first-order chi connectivity index (χ1) is 15.6. The van der Waals surface area contributed by atoms with Crippen molar-refractivity contribution in [3.8, 4) is 0 Å². The van der Waals surface area contributed by atoms with Crippen molar-refractivity contribution in [2.75, 3.05) is 20.0 Å². The van der Waals surface area contributed by atoms with Crippen LogP contribution in [0, 0.1) is 6.92 Å². The van der Waals surface area contributed by atoms with Crippen LogP contribution in [0.4, 0.5) is 0 Å². The lowest BCUT2D eigenvalue weighted by molar-refractivity contribution is -0.113. The predicted octanol–water partition coefficient (Wildman–Crippen LogP) is 0.0211. The third-order valence-corrected chi connectivity index (χ3v) is 7.86. The van der Waals surface area contributed by atoms with Crippen molar-refractivity contribution in [3.63, 3.8) is 0 Å². The van der Waals surface area contributed by atoms with Gasteiger partial charge in [0, 0.05) is 18.2 Å². The van der Waals surface area contributed by atoms with Crippen LogP contribution < -0.4 is 11.2 Å². The van der Waals surface area contributed by atoms with Gasteiger partial charge in [-0.1, -0.05) is 6.08 Å². The fourth-order valence-electron chi connectivity index (χ4n) is 2.73. The molecular weight excluding hydrogens is 529 g/mol. The van der Waals surface area contributed by atoms with Crippen LogP contribution in [-0.4, -0.2) is 61.3 Å². The van der Waals surface area contributed by atoms with Crippen molar-refractivity contribution in [1.29, 1.82) is 0 Å². The van der Waals surface area contributed by atoms with Crippen molar-refractivity contribution in [2.45, 2.75) is 31.8 Å². The molecule has 34 heavy (non-hydrogen) atoms. The maximum Gasteiger partial charge on any atom is 0.490 e. The number of H-pyrrole nitrogens is 1. The Morgan fingerprint density at radius 3 is 2.50 bits per heavy atom. The van der Waals surface area contributed by atoms with Crippen LogP contribution in [0.5, 0.6) is 0 Å². The maximum atomic E-state index is 12.2. The van der Waals surface area contributed by atoms with Crippen molar-refractivity contribution in [2.24, 2.45) is 0 Å². The number of hydrogen-bond donors (Lipinski definition) is 5. The van der Waals surface area contributed by atoms with Crippen LogP contribution in [0.1, 0.15) is 18.2 Å². The number of rotatable bonds is 13. The molecule has 5 atom stereocenters. The molecule has 1 aliphatic rings. The van der Waals surface area contributed by atoms with Gasteiger partial charge in [0.1, 0.15) is 19.1 Å². The summed E-state index contributed by atoms with van der Waals surface area (Å²) in [6, 6.07) is 0. The Morgan fingerprint density at radius 1 is 1.21 bits per heavy atom. The number of hydrogen-bond acceptors (Lipinski definition) is 11. The van der Waals surface area contributed by atoms with Gasteiger partial charge in [0.25, 0.3) is 5.56 Å². The number of ether oxygens (including phenoxy) is 3. The summed E-state index contributed by atoms with van der Waals surface area (Å²) in [5, 5.41) is 0. The Labute approximate surface area is 191 Å². The van der Waals surface area contributed by atoms with Crippen LogP contribution in [0.2, 0.25) is 0 Å². The van der Waals surface area contributed by atoms with E-state index in [1.54, 1.807) is 0 Å². The van der Waals surface area contributed by atoms with E-state index in [1.165, 1.54) is 19.2 Å². The van der Waals surface area contributed by atoms with Crippen LogP contribution in [0.3, 0.4) is 0 Å². The van der Waals surface area contributed by atoms with Crippen LogP contribution in [-0.2, 0) is 41.1 Å². The van der Waals surface area contributed by atoms with Gasteiger partial charge in [-0.2, -0.15) is 8.62 Å². The normalized spacial score (nSPS) is 24.4. The summed E-state index contributed by atoms with van der Waals surface area (Å²) in [6.07, 6.45) is -0.397. The molecule has 0 spiro atoms. The topological polar surface area (TPSA) is 242 Å². The van der Waals surface area contributed by atoms with Crippen LogP contribution >= 0.6 is 23.5 Å². The van der Waals surface area contributed by atoms with E-state index in [4.69, 9.17) is 24.0 Å². The summed E-state index contributed by atoms with van der Waals surface area (Å²) in [6.45, 7) is 3.99. The molecule has 0 saturated carbocycles. The molecule has 1 saturated heterocycles. The van der Waals surface area contributed by atoms with Gasteiger partial charge in [-0.05, 0) is 6.92 Å². The standard InChI is InChI=1S/C14H23N2O15P3/c1-3-4-26-8-27-10-5-12(16-6-9(2)13(17)15-14(16)18)29-11(10)7-28-33(22,23)31-34(24,25)30-32(19,20)21/h3,6,10-12H,1,4-5,7-8H2,2H3,(H,22,23)(H,24,25)(H,15,17,18)(H2,19,20,21)/t10-,11-,12-/m1/s1. The van der Waals surface area contributed by atoms with E-state index in [2.05, 4.69) is 24.7 Å².